The Bertz CT molecular complexity index is 1150. The van der Waals surface area contributed by atoms with E-state index in [0.29, 0.717) is 65.1 Å². The van der Waals surface area contributed by atoms with Crippen LogP contribution in [0.1, 0.15) is 18.1 Å². The van der Waals surface area contributed by atoms with Gasteiger partial charge in [-0.05, 0) is 42.8 Å². The number of hydrogen-bond acceptors (Lipinski definition) is 6. The average molecular weight is 561 g/mol. The lowest BCUT2D eigenvalue weighted by Gasteiger charge is -2.15. The molecular formula is C24H25Cl4N3O4. The number of nitro groups is 1. The molecule has 0 unspecified atom stereocenters. The number of halogens is 4. The van der Waals surface area contributed by atoms with Gasteiger partial charge in [-0.15, -0.1) is 12.4 Å². The number of nitro benzene ring substituents is 1. The van der Waals surface area contributed by atoms with E-state index in [1.54, 1.807) is 18.2 Å². The molecule has 2 N–H and O–H groups in total. The lowest BCUT2D eigenvalue weighted by Crippen LogP contribution is -2.22. The summed E-state index contributed by atoms with van der Waals surface area (Å²) >= 11 is 18.3. The van der Waals surface area contributed by atoms with E-state index in [1.165, 1.54) is 12.1 Å². The van der Waals surface area contributed by atoms with Gasteiger partial charge in [0.25, 0.3) is 5.69 Å². The molecule has 0 amide bonds. The van der Waals surface area contributed by atoms with E-state index in [1.807, 2.05) is 31.2 Å². The molecule has 0 aromatic heterocycles. The molecule has 0 saturated heterocycles. The number of benzene rings is 3. The summed E-state index contributed by atoms with van der Waals surface area (Å²) in [7, 11) is 0. The Balaban J connectivity index is 0.00000432. The summed E-state index contributed by atoms with van der Waals surface area (Å²) in [5.41, 5.74) is 2.48. The molecule has 0 atom stereocenters. The van der Waals surface area contributed by atoms with Gasteiger partial charge in [0.05, 0.1) is 22.2 Å². The molecule has 11 heteroatoms. The molecule has 3 rings (SSSR count). The van der Waals surface area contributed by atoms with Crippen LogP contribution < -0.4 is 20.1 Å². The minimum atomic E-state index is -0.475. The number of non-ortho nitro benzene ring substituents is 1. The minimum Gasteiger partial charge on any atom is -0.490 e. The molecule has 0 spiro atoms. The van der Waals surface area contributed by atoms with Gasteiger partial charge in [0, 0.05) is 47.4 Å². The molecule has 3 aromatic carbocycles. The highest BCUT2D eigenvalue weighted by molar-refractivity contribution is 6.35. The number of nitrogens with one attached hydrogen (secondary N) is 2. The summed E-state index contributed by atoms with van der Waals surface area (Å²) in [4.78, 5) is 10.3. The van der Waals surface area contributed by atoms with Crippen molar-refractivity contribution in [1.82, 2.24) is 5.32 Å². The maximum atomic E-state index is 10.8. The molecule has 0 aliphatic heterocycles. The predicted molar refractivity (Wildman–Crippen MR) is 144 cm³/mol. The number of ether oxygens (including phenoxy) is 2. The van der Waals surface area contributed by atoms with Crippen LogP contribution in [0.15, 0.2) is 54.6 Å². The number of rotatable bonds is 12. The molecule has 0 fully saturated rings. The number of nitrogens with zero attached hydrogens (tertiary/aromatic N) is 1. The Morgan fingerprint density at radius 3 is 2.40 bits per heavy atom. The normalized spacial score (nSPS) is 10.4. The third-order valence-electron chi connectivity index (χ3n) is 4.82. The van der Waals surface area contributed by atoms with Crippen molar-refractivity contribution in [3.8, 4) is 11.5 Å². The van der Waals surface area contributed by atoms with Crippen molar-refractivity contribution < 1.29 is 14.4 Å². The Labute approximate surface area is 225 Å². The second-order valence-corrected chi connectivity index (χ2v) is 8.51. The summed E-state index contributed by atoms with van der Waals surface area (Å²) < 4.78 is 11.7. The maximum Gasteiger partial charge on any atom is 0.271 e. The van der Waals surface area contributed by atoms with E-state index in [9.17, 15) is 10.1 Å². The fourth-order valence-electron chi connectivity index (χ4n) is 3.12. The number of hydrogen-bond donors (Lipinski definition) is 2. The van der Waals surface area contributed by atoms with E-state index < -0.39 is 4.92 Å². The van der Waals surface area contributed by atoms with Crippen molar-refractivity contribution in [2.75, 3.05) is 25.0 Å². The zero-order chi connectivity index (χ0) is 24.5. The van der Waals surface area contributed by atoms with Crippen LogP contribution in [0.3, 0.4) is 0 Å². The summed E-state index contributed by atoms with van der Waals surface area (Å²) in [5.74, 6) is 1.29. The molecule has 0 radical (unpaired) electrons. The lowest BCUT2D eigenvalue weighted by molar-refractivity contribution is -0.384. The van der Waals surface area contributed by atoms with Gasteiger partial charge >= 0.3 is 0 Å². The third kappa shape index (κ3) is 8.63. The summed E-state index contributed by atoms with van der Waals surface area (Å²) in [6.45, 7) is 4.60. The van der Waals surface area contributed by atoms with E-state index in [2.05, 4.69) is 10.6 Å². The SMILES string of the molecule is CCOc1cc(CNCCNc2ccc([N+](=O)[O-])cc2Cl)ccc1OCc1ccc(Cl)cc1Cl.Cl. The first-order chi connectivity index (χ1) is 16.4. The molecule has 0 aliphatic rings. The van der Waals surface area contributed by atoms with Gasteiger partial charge in [-0.3, -0.25) is 10.1 Å². The monoisotopic (exact) mass is 559 g/mol. The molecule has 35 heavy (non-hydrogen) atoms. The predicted octanol–water partition coefficient (Wildman–Crippen LogP) is 7.16. The Kier molecular flexibility index (Phi) is 11.7. The topological polar surface area (TPSA) is 85.7 Å². The van der Waals surface area contributed by atoms with Crippen LogP contribution in [0, 0.1) is 10.1 Å². The van der Waals surface area contributed by atoms with Gasteiger partial charge < -0.3 is 20.1 Å². The quantitative estimate of drug-likeness (QED) is 0.139. The molecular weight excluding hydrogens is 536 g/mol. The fourth-order valence-corrected chi connectivity index (χ4v) is 3.83. The van der Waals surface area contributed by atoms with Crippen molar-refractivity contribution in [3.05, 3.63) is 90.9 Å². The second-order valence-electron chi connectivity index (χ2n) is 7.26. The number of anilines is 1. The molecule has 0 bridgehead atoms. The van der Waals surface area contributed by atoms with Crippen LogP contribution in [0.25, 0.3) is 0 Å². The van der Waals surface area contributed by atoms with Crippen molar-refractivity contribution in [2.24, 2.45) is 0 Å². The van der Waals surface area contributed by atoms with Gasteiger partial charge in [-0.2, -0.15) is 0 Å². The van der Waals surface area contributed by atoms with Gasteiger partial charge in [-0.25, -0.2) is 0 Å². The van der Waals surface area contributed by atoms with E-state index in [-0.39, 0.29) is 18.1 Å². The van der Waals surface area contributed by atoms with Crippen LogP contribution >= 0.6 is 47.2 Å². The fraction of sp³-hybridized carbons (Fsp3) is 0.250. The smallest absolute Gasteiger partial charge is 0.271 e. The zero-order valence-corrected chi connectivity index (χ0v) is 21.9. The third-order valence-corrected chi connectivity index (χ3v) is 5.72. The van der Waals surface area contributed by atoms with Gasteiger partial charge in [-0.1, -0.05) is 46.9 Å². The Morgan fingerprint density at radius 2 is 1.71 bits per heavy atom. The van der Waals surface area contributed by atoms with Gasteiger partial charge in [0.15, 0.2) is 11.5 Å². The molecule has 7 nitrogen and oxygen atoms in total. The Morgan fingerprint density at radius 1 is 0.914 bits per heavy atom. The molecule has 0 saturated carbocycles. The first-order valence-corrected chi connectivity index (χ1v) is 11.7. The highest BCUT2D eigenvalue weighted by Gasteiger charge is 2.10. The summed E-state index contributed by atoms with van der Waals surface area (Å²) in [6, 6.07) is 15.4. The van der Waals surface area contributed by atoms with Crippen molar-refractivity contribution in [1.29, 1.82) is 0 Å². The maximum absolute atomic E-state index is 10.8. The second kappa shape index (κ2) is 14.2. The largest absolute Gasteiger partial charge is 0.490 e. The van der Waals surface area contributed by atoms with Crippen LogP contribution in [-0.2, 0) is 13.2 Å². The first-order valence-electron chi connectivity index (χ1n) is 10.6. The van der Waals surface area contributed by atoms with E-state index in [4.69, 9.17) is 44.3 Å². The first kappa shape index (κ1) is 28.8. The van der Waals surface area contributed by atoms with Crippen LogP contribution in [0.2, 0.25) is 15.1 Å². The Hall–Kier alpha value is -2.42. The van der Waals surface area contributed by atoms with Crippen molar-refractivity contribution in [3.63, 3.8) is 0 Å². The molecule has 3 aromatic rings. The van der Waals surface area contributed by atoms with Crippen LogP contribution in [-0.4, -0.2) is 24.6 Å². The van der Waals surface area contributed by atoms with Crippen molar-refractivity contribution in [2.45, 2.75) is 20.1 Å². The standard InChI is InChI=1S/C24H24Cl3N3O4.ClH/c1-2-33-24-11-16(3-8-23(24)34-15-17-4-5-18(25)12-20(17)26)14-28-9-10-29-22-7-6-19(30(31)32)13-21(22)27;/h3-8,11-13,28-29H,2,9-10,14-15H2,1H3;1H. The lowest BCUT2D eigenvalue weighted by atomic mass is 10.2. The molecule has 0 heterocycles. The van der Waals surface area contributed by atoms with Crippen LogP contribution in [0.4, 0.5) is 11.4 Å². The van der Waals surface area contributed by atoms with E-state index in [0.717, 1.165) is 11.1 Å². The molecule has 188 valence electrons. The molecule has 0 aliphatic carbocycles. The zero-order valence-electron chi connectivity index (χ0n) is 18.9. The summed E-state index contributed by atoms with van der Waals surface area (Å²) in [6.07, 6.45) is 0. The summed E-state index contributed by atoms with van der Waals surface area (Å²) in [5, 5.41) is 18.7. The highest BCUT2D eigenvalue weighted by atomic mass is 35.5. The van der Waals surface area contributed by atoms with Gasteiger partial charge in [0.2, 0.25) is 0 Å². The van der Waals surface area contributed by atoms with E-state index >= 15 is 0 Å². The highest BCUT2D eigenvalue weighted by Crippen LogP contribution is 2.31. The van der Waals surface area contributed by atoms with Crippen LogP contribution in [0.5, 0.6) is 11.5 Å². The van der Waals surface area contributed by atoms with Crippen molar-refractivity contribution >= 4 is 58.6 Å². The minimum absolute atomic E-state index is 0. The average Bonchev–Trinajstić information content (AvgIpc) is 2.80. The van der Waals surface area contributed by atoms with Gasteiger partial charge in [0.1, 0.15) is 6.61 Å².